The largest absolute Gasteiger partial charge is 0.573 e. The van der Waals surface area contributed by atoms with E-state index in [9.17, 15) is 18.3 Å². The Morgan fingerprint density at radius 3 is 2.47 bits per heavy atom. The lowest BCUT2D eigenvalue weighted by molar-refractivity contribution is -0.274. The molecule has 0 amide bonds. The Morgan fingerprint density at radius 2 is 1.89 bits per heavy atom. The molecule has 0 saturated heterocycles. The van der Waals surface area contributed by atoms with Crippen molar-refractivity contribution >= 4 is 0 Å². The zero-order valence-corrected chi connectivity index (χ0v) is 10.3. The van der Waals surface area contributed by atoms with Gasteiger partial charge in [-0.3, -0.25) is 0 Å². The first-order valence-electron chi connectivity index (χ1n) is 6.12. The summed E-state index contributed by atoms with van der Waals surface area (Å²) >= 11 is 0. The molecule has 3 nitrogen and oxygen atoms in total. The van der Waals surface area contributed by atoms with E-state index in [1.54, 1.807) is 6.07 Å². The van der Waals surface area contributed by atoms with Gasteiger partial charge < -0.3 is 15.6 Å². The fourth-order valence-electron chi connectivity index (χ4n) is 2.41. The first kappa shape index (κ1) is 14.1. The summed E-state index contributed by atoms with van der Waals surface area (Å²) in [4.78, 5) is 0. The minimum Gasteiger partial charge on any atom is -0.406 e. The van der Waals surface area contributed by atoms with Gasteiger partial charge in [0.25, 0.3) is 0 Å². The number of benzene rings is 1. The topological polar surface area (TPSA) is 55.5 Å². The molecule has 0 unspecified atom stereocenters. The van der Waals surface area contributed by atoms with Crippen LogP contribution >= 0.6 is 0 Å². The lowest BCUT2D eigenvalue weighted by atomic mass is 9.76. The molecular weight excluding hydrogens is 259 g/mol. The third kappa shape index (κ3) is 3.61. The Balaban J connectivity index is 2.18. The Bertz CT molecular complexity index is 440. The van der Waals surface area contributed by atoms with Gasteiger partial charge in [0, 0.05) is 5.54 Å². The lowest BCUT2D eigenvalue weighted by Gasteiger charge is -2.36. The average molecular weight is 275 g/mol. The molecule has 0 spiro atoms. The molecule has 0 aromatic heterocycles. The van der Waals surface area contributed by atoms with Crippen LogP contribution in [0.3, 0.4) is 0 Å². The molecular formula is C13H16F3NO2. The second-order valence-electron chi connectivity index (χ2n) is 4.96. The summed E-state index contributed by atoms with van der Waals surface area (Å²) in [5.41, 5.74) is 6.15. The molecule has 1 aromatic carbocycles. The molecule has 1 fully saturated rings. The smallest absolute Gasteiger partial charge is 0.406 e. The van der Waals surface area contributed by atoms with Crippen LogP contribution in [0.4, 0.5) is 13.2 Å². The number of ether oxygens (including phenoxy) is 1. The highest BCUT2D eigenvalue weighted by atomic mass is 19.4. The number of aliphatic hydroxyl groups is 1. The number of aliphatic hydroxyl groups excluding tert-OH is 1. The molecule has 2 rings (SSSR count). The van der Waals surface area contributed by atoms with Crippen molar-refractivity contribution in [2.24, 2.45) is 5.73 Å². The molecule has 106 valence electrons. The van der Waals surface area contributed by atoms with Crippen molar-refractivity contribution in [1.29, 1.82) is 0 Å². The van der Waals surface area contributed by atoms with Crippen LogP contribution in [-0.2, 0) is 5.54 Å². The number of nitrogens with two attached hydrogens (primary N) is 1. The molecule has 19 heavy (non-hydrogen) atoms. The van der Waals surface area contributed by atoms with Crippen molar-refractivity contribution in [1.82, 2.24) is 0 Å². The van der Waals surface area contributed by atoms with Crippen LogP contribution in [0.5, 0.6) is 5.75 Å². The Kier molecular flexibility index (Phi) is 3.73. The van der Waals surface area contributed by atoms with Crippen LogP contribution in [0.15, 0.2) is 24.3 Å². The van der Waals surface area contributed by atoms with Crippen molar-refractivity contribution in [2.75, 3.05) is 0 Å². The molecule has 0 atom stereocenters. The maximum Gasteiger partial charge on any atom is 0.573 e. The first-order chi connectivity index (χ1) is 8.78. The third-order valence-electron chi connectivity index (χ3n) is 3.49. The van der Waals surface area contributed by atoms with Gasteiger partial charge in [0.2, 0.25) is 0 Å². The van der Waals surface area contributed by atoms with E-state index < -0.39 is 11.9 Å². The Labute approximate surface area is 109 Å². The van der Waals surface area contributed by atoms with Gasteiger partial charge in [-0.15, -0.1) is 13.2 Å². The van der Waals surface area contributed by atoms with Crippen molar-refractivity contribution < 1.29 is 23.0 Å². The van der Waals surface area contributed by atoms with E-state index >= 15 is 0 Å². The van der Waals surface area contributed by atoms with Gasteiger partial charge in [-0.05, 0) is 43.4 Å². The predicted molar refractivity (Wildman–Crippen MR) is 63.5 cm³/mol. The van der Waals surface area contributed by atoms with Gasteiger partial charge in [-0.1, -0.05) is 12.1 Å². The van der Waals surface area contributed by atoms with Crippen LogP contribution in [0.1, 0.15) is 31.2 Å². The van der Waals surface area contributed by atoms with Gasteiger partial charge in [0.15, 0.2) is 0 Å². The summed E-state index contributed by atoms with van der Waals surface area (Å²) in [6.07, 6.45) is -2.87. The van der Waals surface area contributed by atoms with Crippen molar-refractivity contribution in [2.45, 2.75) is 43.7 Å². The summed E-state index contributed by atoms with van der Waals surface area (Å²) in [6, 6.07) is 5.76. The second kappa shape index (κ2) is 5.02. The zero-order chi connectivity index (χ0) is 14.1. The fraction of sp³-hybridized carbons (Fsp3) is 0.538. The SMILES string of the molecule is NC1(c2cccc(OC(F)(F)F)c2)CCC(O)CC1. The molecule has 1 aliphatic rings. The quantitative estimate of drug-likeness (QED) is 0.872. The average Bonchev–Trinajstić information content (AvgIpc) is 2.31. The van der Waals surface area contributed by atoms with E-state index in [0.29, 0.717) is 31.2 Å². The minimum absolute atomic E-state index is 0.263. The highest BCUT2D eigenvalue weighted by Gasteiger charge is 2.34. The maximum atomic E-state index is 12.2. The summed E-state index contributed by atoms with van der Waals surface area (Å²) < 4.78 is 40.4. The maximum absolute atomic E-state index is 12.2. The van der Waals surface area contributed by atoms with Gasteiger partial charge in [-0.2, -0.15) is 0 Å². The molecule has 0 heterocycles. The molecule has 6 heteroatoms. The van der Waals surface area contributed by atoms with Crippen LogP contribution in [0.2, 0.25) is 0 Å². The molecule has 0 radical (unpaired) electrons. The fourth-order valence-corrected chi connectivity index (χ4v) is 2.41. The minimum atomic E-state index is -4.71. The number of alkyl halides is 3. The Morgan fingerprint density at radius 1 is 1.26 bits per heavy atom. The number of hydrogen-bond donors (Lipinski definition) is 2. The Hall–Kier alpha value is -1.27. The first-order valence-corrected chi connectivity index (χ1v) is 6.12. The molecule has 1 saturated carbocycles. The molecule has 1 aromatic rings. The standard InChI is InChI=1S/C13H16F3NO2/c14-13(15,16)19-11-3-1-2-9(8-11)12(17)6-4-10(18)5-7-12/h1-3,8,10,18H,4-7,17H2. The van der Waals surface area contributed by atoms with Gasteiger partial charge in [0.05, 0.1) is 6.10 Å². The number of rotatable bonds is 2. The number of halogens is 3. The zero-order valence-electron chi connectivity index (χ0n) is 10.3. The molecule has 3 N–H and O–H groups in total. The second-order valence-corrected chi connectivity index (χ2v) is 4.96. The van der Waals surface area contributed by atoms with E-state index in [1.165, 1.54) is 18.2 Å². The van der Waals surface area contributed by atoms with E-state index in [2.05, 4.69) is 4.74 Å². The summed E-state index contributed by atoms with van der Waals surface area (Å²) in [6.45, 7) is 0. The summed E-state index contributed by atoms with van der Waals surface area (Å²) in [5.74, 6) is -0.263. The summed E-state index contributed by atoms with van der Waals surface area (Å²) in [7, 11) is 0. The monoisotopic (exact) mass is 275 g/mol. The van der Waals surface area contributed by atoms with Gasteiger partial charge >= 0.3 is 6.36 Å². The lowest BCUT2D eigenvalue weighted by Crippen LogP contribution is -2.41. The van der Waals surface area contributed by atoms with Gasteiger partial charge in [-0.25, -0.2) is 0 Å². The third-order valence-corrected chi connectivity index (χ3v) is 3.49. The van der Waals surface area contributed by atoms with Crippen LogP contribution in [0, 0.1) is 0 Å². The highest BCUT2D eigenvalue weighted by Crippen LogP contribution is 2.36. The molecule has 0 bridgehead atoms. The molecule has 1 aliphatic carbocycles. The van der Waals surface area contributed by atoms with Crippen molar-refractivity contribution in [3.63, 3.8) is 0 Å². The van der Waals surface area contributed by atoms with Crippen molar-refractivity contribution in [3.8, 4) is 5.75 Å². The van der Waals surface area contributed by atoms with E-state index in [4.69, 9.17) is 5.73 Å². The van der Waals surface area contributed by atoms with E-state index in [1.807, 2.05) is 0 Å². The number of hydrogen-bond acceptors (Lipinski definition) is 3. The van der Waals surface area contributed by atoms with E-state index in [0.717, 1.165) is 0 Å². The molecule has 0 aliphatic heterocycles. The predicted octanol–water partition coefficient (Wildman–Crippen LogP) is 2.67. The van der Waals surface area contributed by atoms with Crippen molar-refractivity contribution in [3.05, 3.63) is 29.8 Å². The van der Waals surface area contributed by atoms with E-state index in [-0.39, 0.29) is 11.9 Å². The highest BCUT2D eigenvalue weighted by molar-refractivity contribution is 5.33. The normalized spacial score (nSPS) is 28.2. The van der Waals surface area contributed by atoms with Crippen LogP contribution < -0.4 is 10.5 Å². The summed E-state index contributed by atoms with van der Waals surface area (Å²) in [5, 5.41) is 9.47. The van der Waals surface area contributed by atoms with Crippen LogP contribution in [-0.4, -0.2) is 17.6 Å². The van der Waals surface area contributed by atoms with Crippen LogP contribution in [0.25, 0.3) is 0 Å². The van der Waals surface area contributed by atoms with Gasteiger partial charge in [0.1, 0.15) is 5.75 Å².